The van der Waals surface area contributed by atoms with E-state index < -0.39 is 181 Å². The highest BCUT2D eigenvalue weighted by Crippen LogP contribution is 2.66. The normalized spacial score (nSPS) is 11.9. The Bertz CT molecular complexity index is 3900. The summed E-state index contributed by atoms with van der Waals surface area (Å²) in [5, 5.41) is 217. The average molecular weight is 917 g/mol. The second-order valence-electron chi connectivity index (χ2n) is 15.3. The Morgan fingerprint density at radius 3 is 0.896 bits per heavy atom. The molecule has 0 radical (unpaired) electrons. The molecule has 0 aliphatic rings. The summed E-state index contributed by atoms with van der Waals surface area (Å²) in [5.41, 5.74) is -5.24. The van der Waals surface area contributed by atoms with Crippen LogP contribution in [0.1, 0.15) is 0 Å². The van der Waals surface area contributed by atoms with Crippen molar-refractivity contribution in [2.75, 3.05) is 0 Å². The smallest absolute Gasteiger partial charge is 0.205 e. The second kappa shape index (κ2) is 13.2. The van der Waals surface area contributed by atoms with E-state index in [1.165, 1.54) is 48.5 Å². The number of fused-ring (bicyclic) bond motifs is 8. The van der Waals surface area contributed by atoms with Gasteiger partial charge in [0.05, 0.1) is 43.6 Å². The molecule has 10 rings (SSSR count). The van der Waals surface area contributed by atoms with Crippen LogP contribution >= 0.6 is 0 Å². The molecule has 0 atom stereocenters. The Balaban J connectivity index is 1.34. The number of hydrogen-bond acceptors (Lipinski definition) is 21. The lowest BCUT2D eigenvalue weighted by molar-refractivity contribution is 0.347. The van der Waals surface area contributed by atoms with Crippen LogP contribution in [0.4, 0.5) is 0 Å². The van der Waals surface area contributed by atoms with Gasteiger partial charge in [-0.2, -0.15) is 0 Å². The maximum Gasteiger partial charge on any atom is 0.205 e. The third-order valence-corrected chi connectivity index (χ3v) is 12.0. The number of hydrogen-bond donors (Lipinski definition) is 20. The minimum absolute atomic E-state index is 0.00790. The van der Waals surface area contributed by atoms with Gasteiger partial charge in [-0.25, -0.2) is 0 Å². The van der Waals surface area contributed by atoms with Crippen molar-refractivity contribution in [3.8, 4) is 148 Å². The third kappa shape index (κ3) is 4.79. The summed E-state index contributed by atoms with van der Waals surface area (Å²) in [6.07, 6.45) is 0. The van der Waals surface area contributed by atoms with E-state index in [0.29, 0.717) is 0 Å². The minimum Gasteiger partial charge on any atom is -0.506 e. The van der Waals surface area contributed by atoms with Gasteiger partial charge >= 0.3 is 0 Å². The average Bonchev–Trinajstić information content (AvgIpc) is 3.71. The molecule has 0 bridgehead atoms. The molecule has 10 aromatic rings. The van der Waals surface area contributed by atoms with Crippen molar-refractivity contribution in [1.29, 1.82) is 0 Å². The highest BCUT2D eigenvalue weighted by Gasteiger charge is 2.37. The highest BCUT2D eigenvalue weighted by molar-refractivity contribution is 6.32. The van der Waals surface area contributed by atoms with Crippen LogP contribution in [0.3, 0.4) is 0 Å². The molecule has 21 nitrogen and oxygen atoms in total. The van der Waals surface area contributed by atoms with Gasteiger partial charge in [0.2, 0.25) is 34.5 Å². The Morgan fingerprint density at radius 1 is 0.194 bits per heavy atom. The molecule has 0 fully saturated rings. The van der Waals surface area contributed by atoms with E-state index >= 15 is 0 Å². The molecule has 1 heterocycles. The first-order valence-corrected chi connectivity index (χ1v) is 19.0. The first-order chi connectivity index (χ1) is 31.7. The molecular formula is C46H28O21. The highest BCUT2D eigenvalue weighted by atomic mass is 16.4. The molecule has 20 N–H and O–H groups in total. The van der Waals surface area contributed by atoms with Gasteiger partial charge in [0.1, 0.15) is 5.75 Å². The summed E-state index contributed by atoms with van der Waals surface area (Å²) in [5.74, 6) is -25.8. The van der Waals surface area contributed by atoms with E-state index in [1.807, 2.05) is 0 Å². The molecule has 0 unspecified atom stereocenters. The number of aromatic hydroxyl groups is 20. The van der Waals surface area contributed by atoms with Crippen LogP contribution in [0.15, 0.2) is 52.9 Å². The van der Waals surface area contributed by atoms with Gasteiger partial charge in [-0.05, 0) is 21.5 Å². The van der Waals surface area contributed by atoms with E-state index in [2.05, 4.69) is 0 Å². The molecule has 0 aliphatic heterocycles. The second-order valence-corrected chi connectivity index (χ2v) is 15.3. The molecule has 1 aromatic heterocycles. The van der Waals surface area contributed by atoms with Crippen LogP contribution in [0.5, 0.6) is 115 Å². The van der Waals surface area contributed by atoms with Crippen molar-refractivity contribution in [2.24, 2.45) is 0 Å². The van der Waals surface area contributed by atoms with Gasteiger partial charge in [-0.1, -0.05) is 48.5 Å². The van der Waals surface area contributed by atoms with Gasteiger partial charge in [0.25, 0.3) is 0 Å². The maximum absolute atomic E-state index is 11.9. The van der Waals surface area contributed by atoms with Crippen LogP contribution < -0.4 is 0 Å². The van der Waals surface area contributed by atoms with Crippen molar-refractivity contribution in [2.45, 2.75) is 0 Å². The SMILES string of the molecule is Oc1c(O)c(-c2c3ccccc3c(-c3c(O)c(O)c(O)c4oc5c6c(O)c(O)c(O)c(O)c6c(O)c(O)c5c34)c3ccccc23)c(O)c(O)c1-c1c(O)c(O)c2c(O)c(O)c(O)c(O)c2c1O. The lowest BCUT2D eigenvalue weighted by atomic mass is 9.83. The van der Waals surface area contributed by atoms with E-state index in [0.717, 1.165) is 0 Å². The van der Waals surface area contributed by atoms with Crippen molar-refractivity contribution in [1.82, 2.24) is 0 Å². The Kier molecular flexibility index (Phi) is 8.04. The standard InChI is InChI=1S/C46H28O21/c47-25-18(29(51)32(54)21-19(25)34(56)39(61)40(62)35(21)57)20-30(52)27(49)17(28(50)31(20)53)14-11-7-3-1-5-9(11)13(10-6-2-4-8-12(10)14)15-16-23-37(59)33(55)22-24(38(60)42(64)41(63)36(22)58)45(23)67-46(16)44(66)43(65)26(15)48/h1-8,47-66H. The molecular weight excluding hydrogens is 888 g/mol. The van der Waals surface area contributed by atoms with Gasteiger partial charge in [-0.15, -0.1) is 0 Å². The first kappa shape index (κ1) is 40.9. The molecule has 0 spiro atoms. The van der Waals surface area contributed by atoms with Crippen molar-refractivity contribution in [3.05, 3.63) is 48.5 Å². The Labute approximate surface area is 367 Å². The van der Waals surface area contributed by atoms with E-state index in [4.69, 9.17) is 4.42 Å². The summed E-state index contributed by atoms with van der Waals surface area (Å²) in [7, 11) is 0. The quantitative estimate of drug-likeness (QED) is 0.0469. The number of benzene rings is 9. The van der Waals surface area contributed by atoms with Crippen molar-refractivity contribution >= 4 is 65.0 Å². The van der Waals surface area contributed by atoms with Crippen LogP contribution in [0.25, 0.3) is 98.4 Å². The summed E-state index contributed by atoms with van der Waals surface area (Å²) in [4.78, 5) is 0. The Morgan fingerprint density at radius 2 is 0.448 bits per heavy atom. The molecule has 0 aliphatic carbocycles. The fraction of sp³-hybridized carbons (Fsp3) is 0. The predicted molar refractivity (Wildman–Crippen MR) is 233 cm³/mol. The Hall–Kier alpha value is -10.2. The fourth-order valence-electron chi connectivity index (χ4n) is 9.03. The van der Waals surface area contributed by atoms with Crippen molar-refractivity contribution in [3.63, 3.8) is 0 Å². The molecule has 0 amide bonds. The van der Waals surface area contributed by atoms with Gasteiger partial charge < -0.3 is 107 Å². The summed E-state index contributed by atoms with van der Waals surface area (Å²) in [6, 6.07) is 11.5. The van der Waals surface area contributed by atoms with E-state index in [-0.39, 0.29) is 32.7 Å². The van der Waals surface area contributed by atoms with E-state index in [1.54, 1.807) is 0 Å². The van der Waals surface area contributed by atoms with E-state index in [9.17, 15) is 102 Å². The molecule has 21 heteroatoms. The molecule has 338 valence electrons. The summed E-state index contributed by atoms with van der Waals surface area (Å²) in [6.45, 7) is 0. The van der Waals surface area contributed by atoms with Gasteiger partial charge in [0, 0.05) is 22.1 Å². The molecule has 0 saturated carbocycles. The monoisotopic (exact) mass is 916 g/mol. The lowest BCUT2D eigenvalue weighted by Gasteiger charge is -2.22. The molecule has 67 heavy (non-hydrogen) atoms. The fourth-order valence-corrected chi connectivity index (χ4v) is 9.03. The number of rotatable bonds is 3. The van der Waals surface area contributed by atoms with Crippen LogP contribution in [-0.4, -0.2) is 102 Å². The molecule has 0 saturated heterocycles. The summed E-state index contributed by atoms with van der Waals surface area (Å²) >= 11 is 0. The van der Waals surface area contributed by atoms with Crippen molar-refractivity contribution < 1.29 is 107 Å². The lowest BCUT2D eigenvalue weighted by Crippen LogP contribution is -1.95. The zero-order valence-electron chi connectivity index (χ0n) is 33.0. The first-order valence-electron chi connectivity index (χ1n) is 19.0. The zero-order valence-corrected chi connectivity index (χ0v) is 33.0. The summed E-state index contributed by atoms with van der Waals surface area (Å²) < 4.78 is 5.88. The largest absolute Gasteiger partial charge is 0.506 e. The minimum atomic E-state index is -1.45. The topological polar surface area (TPSA) is 418 Å². The van der Waals surface area contributed by atoms with Crippen LogP contribution in [0, 0.1) is 0 Å². The predicted octanol–water partition coefficient (Wildman–Crippen LogP) is 7.31. The van der Waals surface area contributed by atoms with Gasteiger partial charge in [-0.3, -0.25) is 0 Å². The van der Waals surface area contributed by atoms with Crippen LogP contribution in [-0.2, 0) is 0 Å². The van der Waals surface area contributed by atoms with Crippen LogP contribution in [0.2, 0.25) is 0 Å². The number of phenolic OH excluding ortho intramolecular Hbond substituents is 20. The van der Waals surface area contributed by atoms with Gasteiger partial charge in [0.15, 0.2) is 85.9 Å². The maximum atomic E-state index is 11.9. The number of phenols is 20. The molecule has 9 aromatic carbocycles. The zero-order chi connectivity index (χ0) is 48.3. The number of furan rings is 1. The third-order valence-electron chi connectivity index (χ3n) is 12.0.